The van der Waals surface area contributed by atoms with Crippen LogP contribution in [0, 0.1) is 0 Å². The maximum Gasteiger partial charge on any atom is 0.140 e. The third-order valence-electron chi connectivity index (χ3n) is 2.55. The Morgan fingerprint density at radius 1 is 1.21 bits per heavy atom. The third-order valence-corrected chi connectivity index (χ3v) is 3.92. The number of nitrogens with two attached hydrogens (primary N) is 1. The Morgan fingerprint density at radius 2 is 1.95 bits per heavy atom. The van der Waals surface area contributed by atoms with E-state index >= 15 is 0 Å². The predicted molar refractivity (Wildman–Crippen MR) is 79.0 cm³/mol. The van der Waals surface area contributed by atoms with E-state index in [1.54, 1.807) is 23.9 Å². The lowest BCUT2D eigenvalue weighted by atomic mass is 10.2. The number of halogens is 1. The largest absolute Gasteiger partial charge is 0.392 e. The van der Waals surface area contributed by atoms with E-state index in [9.17, 15) is 0 Å². The van der Waals surface area contributed by atoms with Crippen LogP contribution >= 0.6 is 23.4 Å². The van der Waals surface area contributed by atoms with Crippen LogP contribution in [0.2, 0.25) is 5.02 Å². The zero-order valence-electron chi connectivity index (χ0n) is 10.1. The van der Waals surface area contributed by atoms with Gasteiger partial charge in [0.05, 0.1) is 17.3 Å². The molecule has 0 aliphatic heterocycles. The number of aliphatic hydroxyl groups is 1. The van der Waals surface area contributed by atoms with Crippen molar-refractivity contribution in [2.75, 3.05) is 5.43 Å². The Hall–Kier alpha value is -1.27. The highest BCUT2D eigenvalue weighted by molar-refractivity contribution is 7.98. The molecule has 0 spiro atoms. The molecule has 4 nitrogen and oxygen atoms in total. The molecule has 0 saturated heterocycles. The van der Waals surface area contributed by atoms with Crippen LogP contribution in [0.5, 0.6) is 0 Å². The predicted octanol–water partition coefficient (Wildman–Crippen LogP) is 2.81. The van der Waals surface area contributed by atoms with Gasteiger partial charge >= 0.3 is 0 Å². The van der Waals surface area contributed by atoms with Crippen LogP contribution in [-0.2, 0) is 12.4 Å². The van der Waals surface area contributed by atoms with Crippen LogP contribution in [0.25, 0.3) is 0 Å². The van der Waals surface area contributed by atoms with Gasteiger partial charge in [-0.25, -0.2) is 10.8 Å². The van der Waals surface area contributed by atoms with E-state index in [0.717, 1.165) is 16.2 Å². The first-order valence-electron chi connectivity index (χ1n) is 5.67. The molecule has 2 aromatic rings. The summed E-state index contributed by atoms with van der Waals surface area (Å²) in [4.78, 5) is 5.41. The molecule has 2 rings (SSSR count). The third kappa shape index (κ3) is 3.84. The first-order chi connectivity index (χ1) is 9.22. The summed E-state index contributed by atoms with van der Waals surface area (Å²) in [5.74, 6) is 6.57. The zero-order valence-corrected chi connectivity index (χ0v) is 11.7. The lowest BCUT2D eigenvalue weighted by molar-refractivity contribution is 0.282. The lowest BCUT2D eigenvalue weighted by Gasteiger charge is -2.06. The molecule has 0 aliphatic rings. The van der Waals surface area contributed by atoms with E-state index in [-0.39, 0.29) is 6.61 Å². The van der Waals surface area contributed by atoms with Crippen LogP contribution in [0.3, 0.4) is 0 Å². The van der Waals surface area contributed by atoms with Gasteiger partial charge in [0.25, 0.3) is 0 Å². The van der Waals surface area contributed by atoms with Crippen LogP contribution in [0.15, 0.2) is 41.3 Å². The molecule has 0 unspecified atom stereocenters. The molecule has 0 amide bonds. The molecular formula is C13H14ClN3OS. The van der Waals surface area contributed by atoms with Gasteiger partial charge in [-0.2, -0.15) is 0 Å². The van der Waals surface area contributed by atoms with Crippen molar-refractivity contribution in [3.8, 4) is 0 Å². The van der Waals surface area contributed by atoms with E-state index < -0.39 is 0 Å². The number of nitrogen functional groups attached to an aromatic ring is 1. The van der Waals surface area contributed by atoms with Crippen molar-refractivity contribution < 1.29 is 5.11 Å². The summed E-state index contributed by atoms with van der Waals surface area (Å²) in [7, 11) is 0. The number of benzene rings is 1. The summed E-state index contributed by atoms with van der Waals surface area (Å²) in [6.45, 7) is 0.0581. The van der Waals surface area contributed by atoms with Gasteiger partial charge in [0.2, 0.25) is 0 Å². The normalized spacial score (nSPS) is 10.5. The number of nitrogens with one attached hydrogen (secondary N) is 1. The summed E-state index contributed by atoms with van der Waals surface area (Å²) in [5, 5.41) is 9.60. The minimum Gasteiger partial charge on any atom is -0.392 e. The molecule has 1 heterocycles. The smallest absolute Gasteiger partial charge is 0.140 e. The molecule has 0 atom stereocenters. The number of hydrazine groups is 1. The molecule has 1 aromatic carbocycles. The van der Waals surface area contributed by atoms with E-state index in [4.69, 9.17) is 22.6 Å². The SMILES string of the molecule is NNc1ccc(Cl)c(CSc2ccc(CO)cc2)n1. The quantitative estimate of drug-likeness (QED) is 0.449. The maximum absolute atomic E-state index is 8.98. The van der Waals surface area contributed by atoms with Crippen molar-refractivity contribution in [2.45, 2.75) is 17.3 Å². The first kappa shape index (κ1) is 14.1. The number of aliphatic hydroxyl groups excluding tert-OH is 1. The number of hydrogen-bond acceptors (Lipinski definition) is 5. The molecule has 6 heteroatoms. The Bertz CT molecular complexity index is 548. The van der Waals surface area contributed by atoms with Crippen LogP contribution in [0.4, 0.5) is 5.82 Å². The molecule has 1 aromatic heterocycles. The molecule has 100 valence electrons. The number of nitrogens with zero attached hydrogens (tertiary/aromatic N) is 1. The van der Waals surface area contributed by atoms with Gasteiger partial charge in [0.1, 0.15) is 5.82 Å². The molecule has 0 fully saturated rings. The average Bonchev–Trinajstić information content (AvgIpc) is 2.47. The average molecular weight is 296 g/mol. The molecule has 0 aliphatic carbocycles. The molecule has 0 bridgehead atoms. The van der Waals surface area contributed by atoms with Gasteiger partial charge in [0, 0.05) is 10.6 Å². The summed E-state index contributed by atoms with van der Waals surface area (Å²) in [5.41, 5.74) is 4.18. The molecule has 0 saturated carbocycles. The summed E-state index contributed by atoms with van der Waals surface area (Å²) in [6, 6.07) is 11.2. The Morgan fingerprint density at radius 3 is 2.58 bits per heavy atom. The number of rotatable bonds is 5. The molecular weight excluding hydrogens is 282 g/mol. The maximum atomic E-state index is 8.98. The van der Waals surface area contributed by atoms with Gasteiger partial charge in [0.15, 0.2) is 0 Å². The number of aromatic nitrogens is 1. The minimum atomic E-state index is 0.0581. The van der Waals surface area contributed by atoms with Crippen LogP contribution < -0.4 is 11.3 Å². The minimum absolute atomic E-state index is 0.0581. The number of pyridine rings is 1. The van der Waals surface area contributed by atoms with Crippen molar-refractivity contribution >= 4 is 29.2 Å². The fraction of sp³-hybridized carbons (Fsp3) is 0.154. The van der Waals surface area contributed by atoms with Crippen molar-refractivity contribution in [1.82, 2.24) is 4.98 Å². The van der Waals surface area contributed by atoms with Gasteiger partial charge in [-0.3, -0.25) is 0 Å². The molecule has 19 heavy (non-hydrogen) atoms. The van der Waals surface area contributed by atoms with Crippen molar-refractivity contribution in [2.24, 2.45) is 5.84 Å². The topological polar surface area (TPSA) is 71.2 Å². The number of hydrogen-bond donors (Lipinski definition) is 3. The monoisotopic (exact) mass is 295 g/mol. The second-order valence-corrected chi connectivity index (χ2v) is 5.32. The summed E-state index contributed by atoms with van der Waals surface area (Å²) in [6.07, 6.45) is 0. The molecule has 0 radical (unpaired) electrons. The standard InChI is InChI=1S/C13H14ClN3OS/c14-11-5-6-13(17-15)16-12(11)8-19-10-3-1-9(7-18)2-4-10/h1-6,18H,7-8,15H2,(H,16,17). The second-order valence-electron chi connectivity index (χ2n) is 3.86. The van der Waals surface area contributed by atoms with E-state index in [2.05, 4.69) is 10.4 Å². The van der Waals surface area contributed by atoms with Crippen molar-refractivity contribution in [1.29, 1.82) is 0 Å². The zero-order chi connectivity index (χ0) is 13.7. The van der Waals surface area contributed by atoms with Gasteiger partial charge in [-0.15, -0.1) is 11.8 Å². The number of anilines is 1. The lowest BCUT2D eigenvalue weighted by Crippen LogP contribution is -2.09. The highest BCUT2D eigenvalue weighted by atomic mass is 35.5. The van der Waals surface area contributed by atoms with Gasteiger partial charge in [-0.1, -0.05) is 23.7 Å². The van der Waals surface area contributed by atoms with E-state index in [1.807, 2.05) is 24.3 Å². The van der Waals surface area contributed by atoms with Gasteiger partial charge in [-0.05, 0) is 29.8 Å². The van der Waals surface area contributed by atoms with E-state index in [1.165, 1.54) is 0 Å². The Balaban J connectivity index is 2.05. The highest BCUT2D eigenvalue weighted by Gasteiger charge is 2.05. The van der Waals surface area contributed by atoms with E-state index in [0.29, 0.717) is 16.6 Å². The Labute approximate surface area is 121 Å². The molecule has 4 N–H and O–H groups in total. The second kappa shape index (κ2) is 6.77. The highest BCUT2D eigenvalue weighted by Crippen LogP contribution is 2.26. The van der Waals surface area contributed by atoms with Crippen molar-refractivity contribution in [3.05, 3.63) is 52.7 Å². The van der Waals surface area contributed by atoms with Crippen LogP contribution in [0.1, 0.15) is 11.3 Å². The Kier molecular flexibility index (Phi) is 5.04. The van der Waals surface area contributed by atoms with Gasteiger partial charge < -0.3 is 10.5 Å². The summed E-state index contributed by atoms with van der Waals surface area (Å²) < 4.78 is 0. The fourth-order valence-electron chi connectivity index (χ4n) is 1.51. The van der Waals surface area contributed by atoms with Crippen molar-refractivity contribution in [3.63, 3.8) is 0 Å². The fourth-order valence-corrected chi connectivity index (χ4v) is 2.61. The van der Waals surface area contributed by atoms with Crippen LogP contribution in [-0.4, -0.2) is 10.1 Å². The first-order valence-corrected chi connectivity index (χ1v) is 7.04. The summed E-state index contributed by atoms with van der Waals surface area (Å²) >= 11 is 7.72. The number of thioether (sulfide) groups is 1.